The molecular weight excluding hydrogens is 281 g/mol. The van der Waals surface area contributed by atoms with Gasteiger partial charge in [-0.2, -0.15) is 0 Å². The molecule has 5 nitrogen and oxygen atoms in total. The first-order valence-corrected chi connectivity index (χ1v) is 7.67. The second-order valence-corrected chi connectivity index (χ2v) is 7.32. The molecule has 1 aromatic carbocycles. The maximum Gasteiger partial charge on any atom is 0.238 e. The van der Waals surface area contributed by atoms with Crippen molar-refractivity contribution in [2.24, 2.45) is 0 Å². The van der Waals surface area contributed by atoms with Crippen molar-refractivity contribution in [2.45, 2.75) is 19.4 Å². The van der Waals surface area contributed by atoms with Crippen LogP contribution in [0, 0.1) is 12.7 Å². The Bertz CT molecular complexity index is 687. The van der Waals surface area contributed by atoms with Crippen LogP contribution in [-0.2, 0) is 15.6 Å². The van der Waals surface area contributed by atoms with E-state index in [0.717, 1.165) is 4.31 Å². The van der Waals surface area contributed by atoms with E-state index in [0.29, 0.717) is 11.3 Å². The standard InChI is InChI=1S/C13H18FN3O2S/c1-8-5-11(14)10(6-12(8)15)13(3)7-20(18,19)17(4)9(2)16-13/h5-6,16H,2,7,15H2,1,3-4H3/t13-/m0/s1. The van der Waals surface area contributed by atoms with Crippen LogP contribution in [0.2, 0.25) is 0 Å². The Hall–Kier alpha value is -1.76. The predicted molar refractivity (Wildman–Crippen MR) is 76.7 cm³/mol. The maximum atomic E-state index is 14.2. The van der Waals surface area contributed by atoms with E-state index in [1.165, 1.54) is 19.2 Å². The Morgan fingerprint density at radius 2 is 2.10 bits per heavy atom. The van der Waals surface area contributed by atoms with Gasteiger partial charge >= 0.3 is 0 Å². The zero-order valence-corrected chi connectivity index (χ0v) is 12.5. The molecule has 0 radical (unpaired) electrons. The van der Waals surface area contributed by atoms with Crippen LogP contribution in [0.5, 0.6) is 0 Å². The van der Waals surface area contributed by atoms with Crippen molar-refractivity contribution in [3.8, 4) is 0 Å². The molecule has 7 heteroatoms. The molecule has 20 heavy (non-hydrogen) atoms. The van der Waals surface area contributed by atoms with E-state index >= 15 is 0 Å². The van der Waals surface area contributed by atoms with Crippen molar-refractivity contribution < 1.29 is 12.8 Å². The lowest BCUT2D eigenvalue weighted by Crippen LogP contribution is -2.56. The van der Waals surface area contributed by atoms with E-state index in [-0.39, 0.29) is 17.1 Å². The van der Waals surface area contributed by atoms with Gasteiger partial charge in [0.1, 0.15) is 11.6 Å². The van der Waals surface area contributed by atoms with Gasteiger partial charge in [0.25, 0.3) is 0 Å². The highest BCUT2D eigenvalue weighted by molar-refractivity contribution is 7.89. The average Bonchev–Trinajstić information content (AvgIpc) is 2.30. The van der Waals surface area contributed by atoms with Gasteiger partial charge in [0, 0.05) is 18.3 Å². The molecule has 2 rings (SSSR count). The Morgan fingerprint density at radius 1 is 1.50 bits per heavy atom. The minimum Gasteiger partial charge on any atom is -0.399 e. The Balaban J connectivity index is 2.57. The molecule has 1 aliphatic heterocycles. The number of rotatable bonds is 1. The summed E-state index contributed by atoms with van der Waals surface area (Å²) in [6.07, 6.45) is 0. The molecule has 1 aromatic rings. The van der Waals surface area contributed by atoms with Gasteiger partial charge in [-0.3, -0.25) is 4.31 Å². The van der Waals surface area contributed by atoms with Crippen molar-refractivity contribution >= 4 is 15.7 Å². The van der Waals surface area contributed by atoms with Crippen LogP contribution in [0.15, 0.2) is 24.5 Å². The SMILES string of the molecule is C=C1N[C@](C)(c2cc(N)c(C)cc2F)CS(=O)(=O)N1C. The van der Waals surface area contributed by atoms with Crippen LogP contribution in [0.1, 0.15) is 18.1 Å². The summed E-state index contributed by atoms with van der Waals surface area (Å²) >= 11 is 0. The van der Waals surface area contributed by atoms with Crippen LogP contribution in [-0.4, -0.2) is 25.5 Å². The summed E-state index contributed by atoms with van der Waals surface area (Å²) in [6.45, 7) is 6.98. The van der Waals surface area contributed by atoms with Crippen molar-refractivity contribution in [2.75, 3.05) is 18.5 Å². The van der Waals surface area contributed by atoms with E-state index in [2.05, 4.69) is 11.9 Å². The molecule has 1 aliphatic rings. The quantitative estimate of drug-likeness (QED) is 0.766. The van der Waals surface area contributed by atoms with Gasteiger partial charge < -0.3 is 11.1 Å². The second kappa shape index (κ2) is 4.37. The van der Waals surface area contributed by atoms with Gasteiger partial charge in [-0.25, -0.2) is 12.8 Å². The van der Waals surface area contributed by atoms with Crippen LogP contribution in [0.25, 0.3) is 0 Å². The van der Waals surface area contributed by atoms with Gasteiger partial charge in [-0.05, 0) is 31.5 Å². The van der Waals surface area contributed by atoms with Gasteiger partial charge in [0.05, 0.1) is 11.3 Å². The summed E-state index contributed by atoms with van der Waals surface area (Å²) in [6, 6.07) is 2.79. The lowest BCUT2D eigenvalue weighted by atomic mass is 9.91. The molecule has 3 N–H and O–H groups in total. The molecule has 1 atom stereocenters. The fourth-order valence-corrected chi connectivity index (χ4v) is 3.85. The minimum atomic E-state index is -3.54. The van der Waals surface area contributed by atoms with Crippen LogP contribution >= 0.6 is 0 Å². The van der Waals surface area contributed by atoms with Crippen molar-refractivity contribution in [3.63, 3.8) is 0 Å². The minimum absolute atomic E-state index is 0.206. The number of nitrogen functional groups attached to an aromatic ring is 1. The van der Waals surface area contributed by atoms with E-state index < -0.39 is 21.4 Å². The summed E-state index contributed by atoms with van der Waals surface area (Å²) in [7, 11) is -2.14. The zero-order valence-electron chi connectivity index (χ0n) is 11.7. The highest BCUT2D eigenvalue weighted by atomic mass is 32.2. The smallest absolute Gasteiger partial charge is 0.238 e. The molecule has 110 valence electrons. The van der Waals surface area contributed by atoms with Crippen LogP contribution < -0.4 is 11.1 Å². The van der Waals surface area contributed by atoms with Gasteiger partial charge in [0.2, 0.25) is 10.0 Å². The highest BCUT2D eigenvalue weighted by Crippen LogP contribution is 2.33. The number of nitrogens with two attached hydrogens (primary N) is 1. The number of hydrogen-bond acceptors (Lipinski definition) is 4. The fraction of sp³-hybridized carbons (Fsp3) is 0.385. The first kappa shape index (κ1) is 14.6. The monoisotopic (exact) mass is 299 g/mol. The van der Waals surface area contributed by atoms with Crippen LogP contribution in [0.4, 0.5) is 10.1 Å². The number of halogens is 1. The summed E-state index contributed by atoms with van der Waals surface area (Å²) in [4.78, 5) is 0. The van der Waals surface area contributed by atoms with E-state index in [1.54, 1.807) is 13.8 Å². The number of aryl methyl sites for hydroxylation is 1. The molecule has 0 aromatic heterocycles. The summed E-state index contributed by atoms with van der Waals surface area (Å²) in [5.41, 5.74) is 5.96. The van der Waals surface area contributed by atoms with E-state index in [1.807, 2.05) is 0 Å². The number of nitrogens with one attached hydrogen (secondary N) is 1. The normalized spacial score (nSPS) is 25.4. The highest BCUT2D eigenvalue weighted by Gasteiger charge is 2.42. The lowest BCUT2D eigenvalue weighted by Gasteiger charge is -2.41. The number of hydrogen-bond donors (Lipinski definition) is 2. The third-order valence-corrected chi connectivity index (χ3v) is 5.64. The molecule has 1 saturated heterocycles. The number of sulfonamides is 1. The molecule has 0 amide bonds. The number of anilines is 1. The first-order chi connectivity index (χ1) is 9.07. The zero-order chi connectivity index (χ0) is 15.3. The van der Waals surface area contributed by atoms with Crippen molar-refractivity contribution in [3.05, 3.63) is 41.5 Å². The number of benzene rings is 1. The molecule has 0 bridgehead atoms. The van der Waals surface area contributed by atoms with Gasteiger partial charge in [0.15, 0.2) is 0 Å². The Kier molecular flexibility index (Phi) is 3.20. The summed E-state index contributed by atoms with van der Waals surface area (Å²) in [5, 5.41) is 2.96. The molecule has 0 saturated carbocycles. The third kappa shape index (κ3) is 2.22. The molecule has 0 unspecified atom stereocenters. The molecule has 0 spiro atoms. The Labute approximate surface area is 118 Å². The largest absolute Gasteiger partial charge is 0.399 e. The fourth-order valence-electron chi connectivity index (χ4n) is 2.32. The van der Waals surface area contributed by atoms with Crippen molar-refractivity contribution in [1.82, 2.24) is 9.62 Å². The molecule has 0 aliphatic carbocycles. The second-order valence-electron chi connectivity index (χ2n) is 5.32. The van der Waals surface area contributed by atoms with E-state index in [9.17, 15) is 12.8 Å². The average molecular weight is 299 g/mol. The maximum absolute atomic E-state index is 14.2. The first-order valence-electron chi connectivity index (χ1n) is 6.06. The predicted octanol–water partition coefficient (Wildman–Crippen LogP) is 1.27. The van der Waals surface area contributed by atoms with E-state index in [4.69, 9.17) is 5.73 Å². The summed E-state index contributed by atoms with van der Waals surface area (Å²) < 4.78 is 39.5. The van der Waals surface area contributed by atoms with Gasteiger partial charge in [-0.15, -0.1) is 0 Å². The topological polar surface area (TPSA) is 75.4 Å². The molecular formula is C13H18FN3O2S. The van der Waals surface area contributed by atoms with Crippen LogP contribution in [0.3, 0.4) is 0 Å². The van der Waals surface area contributed by atoms with Gasteiger partial charge in [-0.1, -0.05) is 6.58 Å². The lowest BCUT2D eigenvalue weighted by molar-refractivity contribution is 0.347. The molecule has 1 fully saturated rings. The summed E-state index contributed by atoms with van der Waals surface area (Å²) in [5.74, 6) is -0.550. The van der Waals surface area contributed by atoms with Crippen molar-refractivity contribution in [1.29, 1.82) is 0 Å². The number of nitrogens with zero attached hydrogens (tertiary/aromatic N) is 1. The third-order valence-electron chi connectivity index (χ3n) is 3.64. The molecule has 1 heterocycles. The Morgan fingerprint density at radius 3 is 2.65 bits per heavy atom.